The van der Waals surface area contributed by atoms with Crippen LogP contribution in [0.5, 0.6) is 0 Å². The molecule has 50 valence electrons. The molecule has 5 nitrogen and oxygen atoms in total. The average molecular weight is 128 g/mol. The molecule has 9 heavy (non-hydrogen) atoms. The number of azide groups is 1. The van der Waals surface area contributed by atoms with Crippen LogP contribution in [-0.4, -0.2) is 25.3 Å². The van der Waals surface area contributed by atoms with Gasteiger partial charge in [0.2, 0.25) is 0 Å². The lowest BCUT2D eigenvalue weighted by Crippen LogP contribution is -2.30. The van der Waals surface area contributed by atoms with E-state index in [1.807, 2.05) is 0 Å². The largest absolute Gasteiger partial charge is 0.379 e. The molecule has 1 fully saturated rings. The number of rotatable bonds is 1. The van der Waals surface area contributed by atoms with E-state index < -0.39 is 0 Å². The van der Waals surface area contributed by atoms with Crippen molar-refractivity contribution in [2.24, 2.45) is 10.8 Å². The van der Waals surface area contributed by atoms with Gasteiger partial charge < -0.3 is 10.5 Å². The predicted octanol–water partition coefficient (Wildman–Crippen LogP) is 0.0228. The summed E-state index contributed by atoms with van der Waals surface area (Å²) in [4.78, 5) is 2.63. The molecule has 5 heteroatoms. The molecule has 1 rings (SSSR count). The van der Waals surface area contributed by atoms with Crippen LogP contribution in [0.2, 0.25) is 0 Å². The Kier molecular flexibility index (Phi) is 1.89. The van der Waals surface area contributed by atoms with Crippen molar-refractivity contribution in [2.45, 2.75) is 12.1 Å². The number of nitrogens with zero attached hydrogens (tertiary/aromatic N) is 3. The Morgan fingerprint density at radius 2 is 2.44 bits per heavy atom. The maximum Gasteiger partial charge on any atom is 0.0781 e. The Balaban J connectivity index is 2.49. The third kappa shape index (κ3) is 1.32. The highest BCUT2D eigenvalue weighted by molar-refractivity contribution is 4.83. The van der Waals surface area contributed by atoms with E-state index in [-0.39, 0.29) is 12.1 Å². The molecule has 2 N–H and O–H groups in total. The maximum absolute atomic E-state index is 7.99. The molecule has 0 aromatic carbocycles. The zero-order valence-electron chi connectivity index (χ0n) is 4.90. The van der Waals surface area contributed by atoms with Gasteiger partial charge in [-0.2, -0.15) is 0 Å². The van der Waals surface area contributed by atoms with Crippen LogP contribution in [0.1, 0.15) is 0 Å². The summed E-state index contributed by atoms with van der Waals surface area (Å²) >= 11 is 0. The first-order chi connectivity index (χ1) is 4.34. The molecule has 1 heterocycles. The van der Waals surface area contributed by atoms with Gasteiger partial charge in [0.15, 0.2) is 0 Å². The molecule has 0 saturated carbocycles. The van der Waals surface area contributed by atoms with E-state index in [0.29, 0.717) is 13.2 Å². The lowest BCUT2D eigenvalue weighted by Gasteiger charge is -2.02. The van der Waals surface area contributed by atoms with Crippen molar-refractivity contribution in [3.63, 3.8) is 0 Å². The van der Waals surface area contributed by atoms with E-state index in [1.54, 1.807) is 0 Å². The topological polar surface area (TPSA) is 84.0 Å². The molecule has 0 bridgehead atoms. The molecule has 2 atom stereocenters. The highest BCUT2D eigenvalue weighted by Gasteiger charge is 2.22. The minimum absolute atomic E-state index is 0.110. The molecule has 0 amide bonds. The van der Waals surface area contributed by atoms with Crippen molar-refractivity contribution in [3.05, 3.63) is 10.4 Å². The summed E-state index contributed by atoms with van der Waals surface area (Å²) in [5.74, 6) is 0. The van der Waals surface area contributed by atoms with Gasteiger partial charge in [0, 0.05) is 11.0 Å². The third-order valence-corrected chi connectivity index (χ3v) is 1.29. The van der Waals surface area contributed by atoms with E-state index in [4.69, 9.17) is 16.0 Å². The van der Waals surface area contributed by atoms with Crippen LogP contribution in [0, 0.1) is 0 Å². The van der Waals surface area contributed by atoms with Gasteiger partial charge >= 0.3 is 0 Å². The highest BCUT2D eigenvalue weighted by atomic mass is 16.5. The van der Waals surface area contributed by atoms with Crippen molar-refractivity contribution in [1.29, 1.82) is 0 Å². The fourth-order valence-corrected chi connectivity index (χ4v) is 0.745. The summed E-state index contributed by atoms with van der Waals surface area (Å²) in [6, 6.07) is -0.268. The molecule has 0 spiro atoms. The quantitative estimate of drug-likeness (QED) is 0.307. The minimum atomic E-state index is -0.157. The molecule has 1 saturated heterocycles. The maximum atomic E-state index is 7.99. The second-order valence-electron chi connectivity index (χ2n) is 1.97. The monoisotopic (exact) mass is 128 g/mol. The third-order valence-electron chi connectivity index (χ3n) is 1.29. The van der Waals surface area contributed by atoms with Gasteiger partial charge in [-0.15, -0.1) is 0 Å². The highest BCUT2D eigenvalue weighted by Crippen LogP contribution is 2.06. The summed E-state index contributed by atoms with van der Waals surface area (Å²) in [5, 5.41) is 3.44. The number of hydrogen-bond donors (Lipinski definition) is 1. The molecule has 0 aromatic rings. The van der Waals surface area contributed by atoms with Crippen molar-refractivity contribution >= 4 is 0 Å². The second-order valence-corrected chi connectivity index (χ2v) is 1.97. The second kappa shape index (κ2) is 2.68. The first kappa shape index (κ1) is 6.35. The van der Waals surface area contributed by atoms with Crippen LogP contribution in [0.3, 0.4) is 0 Å². The van der Waals surface area contributed by atoms with Gasteiger partial charge in [0.25, 0.3) is 0 Å². The fraction of sp³-hybridized carbons (Fsp3) is 1.00. The molecule has 0 radical (unpaired) electrons. The van der Waals surface area contributed by atoms with E-state index in [2.05, 4.69) is 10.0 Å². The predicted molar refractivity (Wildman–Crippen MR) is 31.7 cm³/mol. The number of ether oxygens (including phenoxy) is 1. The van der Waals surface area contributed by atoms with E-state index >= 15 is 0 Å². The Labute approximate surface area is 52.4 Å². The lowest BCUT2D eigenvalue weighted by molar-refractivity contribution is 0.191. The summed E-state index contributed by atoms with van der Waals surface area (Å²) in [6.45, 7) is 0.967. The summed E-state index contributed by atoms with van der Waals surface area (Å²) in [5.41, 5.74) is 13.5. The van der Waals surface area contributed by atoms with Crippen LogP contribution in [0.25, 0.3) is 10.4 Å². The van der Waals surface area contributed by atoms with Crippen LogP contribution < -0.4 is 5.73 Å². The number of hydrogen-bond acceptors (Lipinski definition) is 3. The van der Waals surface area contributed by atoms with E-state index in [1.165, 1.54) is 0 Å². The van der Waals surface area contributed by atoms with Crippen molar-refractivity contribution in [3.8, 4) is 0 Å². The summed E-state index contributed by atoms with van der Waals surface area (Å²) in [6.07, 6.45) is 0. The Hall–Kier alpha value is -0.770. The van der Waals surface area contributed by atoms with Crippen LogP contribution in [-0.2, 0) is 4.74 Å². The minimum Gasteiger partial charge on any atom is -0.379 e. The van der Waals surface area contributed by atoms with E-state index in [9.17, 15) is 0 Å². The van der Waals surface area contributed by atoms with Crippen molar-refractivity contribution in [2.75, 3.05) is 13.2 Å². The SMILES string of the molecule is [N-]=[N+]=NC1COC[C@H]1N. The zero-order chi connectivity index (χ0) is 6.69. The molecular formula is C4H8N4O. The molecule has 1 aliphatic rings. The molecule has 1 aliphatic heterocycles. The first-order valence-corrected chi connectivity index (χ1v) is 2.72. The van der Waals surface area contributed by atoms with Gasteiger partial charge in [0.05, 0.1) is 19.3 Å². The van der Waals surface area contributed by atoms with Gasteiger partial charge in [-0.25, -0.2) is 0 Å². The van der Waals surface area contributed by atoms with Gasteiger partial charge in [0.1, 0.15) is 0 Å². The van der Waals surface area contributed by atoms with Crippen LogP contribution in [0.4, 0.5) is 0 Å². The van der Waals surface area contributed by atoms with Gasteiger partial charge in [-0.3, -0.25) is 0 Å². The lowest BCUT2D eigenvalue weighted by atomic mass is 10.2. The van der Waals surface area contributed by atoms with Crippen LogP contribution >= 0.6 is 0 Å². The zero-order valence-corrected chi connectivity index (χ0v) is 4.90. The smallest absolute Gasteiger partial charge is 0.0781 e. The van der Waals surface area contributed by atoms with Gasteiger partial charge in [-0.05, 0) is 5.53 Å². The summed E-state index contributed by atoms with van der Waals surface area (Å²) < 4.78 is 4.93. The Morgan fingerprint density at radius 1 is 1.67 bits per heavy atom. The Bertz CT molecular complexity index is 142. The molecule has 0 aromatic heterocycles. The molecule has 0 aliphatic carbocycles. The summed E-state index contributed by atoms with van der Waals surface area (Å²) in [7, 11) is 0. The number of nitrogens with two attached hydrogens (primary N) is 1. The normalized spacial score (nSPS) is 33.9. The molecule has 1 unspecified atom stereocenters. The Morgan fingerprint density at radius 3 is 2.89 bits per heavy atom. The van der Waals surface area contributed by atoms with Gasteiger partial charge in [-0.1, -0.05) is 5.11 Å². The van der Waals surface area contributed by atoms with Crippen molar-refractivity contribution < 1.29 is 4.74 Å². The first-order valence-electron chi connectivity index (χ1n) is 2.72. The van der Waals surface area contributed by atoms with Crippen molar-refractivity contribution in [1.82, 2.24) is 0 Å². The standard InChI is InChI=1S/C4H8N4O/c5-3-1-9-2-4(3)7-8-6/h3-4H,1-2,5H2/t3-,4?/m1/s1. The fourth-order valence-electron chi connectivity index (χ4n) is 0.745. The average Bonchev–Trinajstić information content (AvgIpc) is 2.18. The molecular weight excluding hydrogens is 120 g/mol. The van der Waals surface area contributed by atoms with Crippen LogP contribution in [0.15, 0.2) is 5.11 Å². The van der Waals surface area contributed by atoms with E-state index in [0.717, 1.165) is 0 Å².